The van der Waals surface area contributed by atoms with Crippen LogP contribution in [-0.2, 0) is 0 Å². The van der Waals surface area contributed by atoms with Crippen LogP contribution < -0.4 is 0 Å². The molecule has 0 fully saturated rings. The molecule has 0 aliphatic rings. The van der Waals surface area contributed by atoms with Crippen LogP contribution in [0.2, 0.25) is 0 Å². The first-order chi connectivity index (χ1) is 5.77. The van der Waals surface area contributed by atoms with Gasteiger partial charge in [-0.15, -0.1) is 0 Å². The van der Waals surface area contributed by atoms with Crippen molar-refractivity contribution in [1.82, 2.24) is 4.98 Å². The van der Waals surface area contributed by atoms with Crippen molar-refractivity contribution in [3.63, 3.8) is 0 Å². The van der Waals surface area contributed by atoms with Crippen LogP contribution in [0.25, 0.3) is 4.91 Å². The minimum absolute atomic E-state index is 0.311. The Morgan fingerprint density at radius 1 is 1.67 bits per heavy atom. The second-order valence-corrected chi connectivity index (χ2v) is 3.17. The van der Waals surface area contributed by atoms with Crippen LogP contribution in [-0.4, -0.2) is 4.98 Å². The van der Waals surface area contributed by atoms with Gasteiger partial charge in [-0.25, -0.2) is 0 Å². The van der Waals surface area contributed by atoms with Crippen molar-refractivity contribution in [3.05, 3.63) is 41.8 Å². The van der Waals surface area contributed by atoms with Crippen LogP contribution >= 0.6 is 11.8 Å². The van der Waals surface area contributed by atoms with Crippen molar-refractivity contribution >= 4 is 16.7 Å². The summed E-state index contributed by atoms with van der Waals surface area (Å²) >= 11 is 1.47. The van der Waals surface area contributed by atoms with E-state index in [2.05, 4.69) is 11.6 Å². The molecule has 0 radical (unpaired) electrons. The van der Waals surface area contributed by atoms with E-state index >= 15 is 0 Å². The fourth-order valence-corrected chi connectivity index (χ4v) is 1.45. The van der Waals surface area contributed by atoms with Gasteiger partial charge < -0.3 is 4.98 Å². The SMILES string of the molecule is C=CS/C(=C\C)c1ccc(F)[nH]1. The van der Waals surface area contributed by atoms with Crippen molar-refractivity contribution in [1.29, 1.82) is 0 Å². The number of thioether (sulfide) groups is 1. The number of allylic oxidation sites excluding steroid dienone is 1. The first kappa shape index (κ1) is 9.13. The Morgan fingerprint density at radius 3 is 2.83 bits per heavy atom. The zero-order valence-corrected chi connectivity index (χ0v) is 7.62. The molecule has 1 heterocycles. The predicted molar refractivity (Wildman–Crippen MR) is 52.2 cm³/mol. The molecule has 0 unspecified atom stereocenters. The minimum Gasteiger partial charge on any atom is -0.331 e. The number of hydrogen-bond acceptors (Lipinski definition) is 1. The van der Waals surface area contributed by atoms with Crippen molar-refractivity contribution in [2.45, 2.75) is 6.92 Å². The van der Waals surface area contributed by atoms with Crippen LogP contribution in [0.5, 0.6) is 0 Å². The third-order valence-corrected chi connectivity index (χ3v) is 2.26. The lowest BCUT2D eigenvalue weighted by molar-refractivity contribution is 0.591. The van der Waals surface area contributed by atoms with Crippen LogP contribution in [0.15, 0.2) is 30.2 Å². The van der Waals surface area contributed by atoms with Gasteiger partial charge in [0.25, 0.3) is 0 Å². The molecule has 1 rings (SSSR count). The Labute approximate surface area is 75.4 Å². The van der Waals surface area contributed by atoms with Crippen molar-refractivity contribution < 1.29 is 4.39 Å². The highest BCUT2D eigenvalue weighted by Gasteiger charge is 2.01. The van der Waals surface area contributed by atoms with Gasteiger partial charge in [0.2, 0.25) is 0 Å². The van der Waals surface area contributed by atoms with Crippen LogP contribution in [0, 0.1) is 5.95 Å². The quantitative estimate of drug-likeness (QED) is 0.759. The summed E-state index contributed by atoms with van der Waals surface area (Å²) in [6, 6.07) is 3.11. The molecular formula is C9H10FNS. The number of halogens is 1. The van der Waals surface area contributed by atoms with E-state index in [0.29, 0.717) is 0 Å². The van der Waals surface area contributed by atoms with Gasteiger partial charge in [0.05, 0.1) is 5.69 Å². The van der Waals surface area contributed by atoms with E-state index in [1.165, 1.54) is 17.8 Å². The van der Waals surface area contributed by atoms with Gasteiger partial charge in [-0.05, 0) is 24.5 Å². The normalized spacial score (nSPS) is 11.7. The van der Waals surface area contributed by atoms with Crippen molar-refractivity contribution in [2.75, 3.05) is 0 Å². The predicted octanol–water partition coefficient (Wildman–Crippen LogP) is 3.39. The van der Waals surface area contributed by atoms with E-state index in [9.17, 15) is 4.39 Å². The van der Waals surface area contributed by atoms with Gasteiger partial charge in [0.1, 0.15) is 0 Å². The lowest BCUT2D eigenvalue weighted by Crippen LogP contribution is -1.78. The molecule has 0 saturated heterocycles. The minimum atomic E-state index is -0.311. The van der Waals surface area contributed by atoms with E-state index in [1.807, 2.05) is 13.0 Å². The molecule has 0 aromatic carbocycles. The first-order valence-corrected chi connectivity index (χ1v) is 4.44. The summed E-state index contributed by atoms with van der Waals surface area (Å²) in [5, 5.41) is 1.72. The average Bonchev–Trinajstić information content (AvgIpc) is 2.47. The molecule has 3 heteroatoms. The van der Waals surface area contributed by atoms with Gasteiger partial charge in [0.15, 0.2) is 5.95 Å². The van der Waals surface area contributed by atoms with Gasteiger partial charge in [-0.2, -0.15) is 4.39 Å². The Balaban J connectivity index is 2.87. The second kappa shape index (κ2) is 4.16. The summed E-state index contributed by atoms with van der Waals surface area (Å²) in [6.45, 7) is 5.50. The molecule has 1 aromatic rings. The molecule has 0 aliphatic carbocycles. The summed E-state index contributed by atoms with van der Waals surface area (Å²) < 4.78 is 12.5. The summed E-state index contributed by atoms with van der Waals surface area (Å²) in [7, 11) is 0. The number of H-pyrrole nitrogens is 1. The van der Waals surface area contributed by atoms with Gasteiger partial charge in [-0.1, -0.05) is 24.4 Å². The highest BCUT2D eigenvalue weighted by Crippen LogP contribution is 2.26. The van der Waals surface area contributed by atoms with Crippen LogP contribution in [0.4, 0.5) is 4.39 Å². The van der Waals surface area contributed by atoms with E-state index in [-0.39, 0.29) is 5.95 Å². The molecular weight excluding hydrogens is 173 g/mol. The second-order valence-electron chi connectivity index (χ2n) is 2.16. The summed E-state index contributed by atoms with van der Waals surface area (Å²) in [6.07, 6.45) is 1.91. The number of aromatic nitrogens is 1. The zero-order valence-electron chi connectivity index (χ0n) is 6.80. The lowest BCUT2D eigenvalue weighted by Gasteiger charge is -1.98. The maximum absolute atomic E-state index is 12.5. The molecule has 1 aromatic heterocycles. The third-order valence-electron chi connectivity index (χ3n) is 1.39. The molecule has 0 amide bonds. The summed E-state index contributed by atoms with van der Waals surface area (Å²) in [5.74, 6) is -0.311. The topological polar surface area (TPSA) is 15.8 Å². The molecule has 0 aliphatic heterocycles. The highest BCUT2D eigenvalue weighted by atomic mass is 32.2. The molecule has 64 valence electrons. The average molecular weight is 183 g/mol. The smallest absolute Gasteiger partial charge is 0.191 e. The Bertz CT molecular complexity index is 301. The largest absolute Gasteiger partial charge is 0.331 e. The van der Waals surface area contributed by atoms with E-state index in [4.69, 9.17) is 0 Å². The van der Waals surface area contributed by atoms with E-state index in [1.54, 1.807) is 11.5 Å². The zero-order chi connectivity index (χ0) is 8.97. The summed E-state index contributed by atoms with van der Waals surface area (Å²) in [5.41, 5.74) is 0.792. The maximum Gasteiger partial charge on any atom is 0.191 e. The molecule has 1 nitrogen and oxygen atoms in total. The highest BCUT2D eigenvalue weighted by molar-refractivity contribution is 8.10. The maximum atomic E-state index is 12.5. The summed E-state index contributed by atoms with van der Waals surface area (Å²) in [4.78, 5) is 3.59. The lowest BCUT2D eigenvalue weighted by atomic mass is 10.4. The Hall–Kier alpha value is -0.960. The molecule has 0 spiro atoms. The van der Waals surface area contributed by atoms with E-state index in [0.717, 1.165) is 10.6 Å². The fourth-order valence-electron chi connectivity index (χ4n) is 0.889. The number of aromatic amines is 1. The van der Waals surface area contributed by atoms with Gasteiger partial charge in [0, 0.05) is 4.91 Å². The number of hydrogen-bond donors (Lipinski definition) is 1. The molecule has 1 N–H and O–H groups in total. The molecule has 12 heavy (non-hydrogen) atoms. The third kappa shape index (κ3) is 2.01. The van der Waals surface area contributed by atoms with E-state index < -0.39 is 0 Å². The fraction of sp³-hybridized carbons (Fsp3) is 0.111. The van der Waals surface area contributed by atoms with Gasteiger partial charge >= 0.3 is 0 Å². The Morgan fingerprint density at radius 2 is 2.42 bits per heavy atom. The standard InChI is InChI=1S/C9H10FNS/c1-3-8(12-4-2)7-5-6-9(10)11-7/h3-6,11H,2H2,1H3/b8-3-. The number of nitrogens with one attached hydrogen (secondary N) is 1. The Kier molecular flexibility index (Phi) is 3.17. The first-order valence-electron chi connectivity index (χ1n) is 3.56. The monoisotopic (exact) mass is 183 g/mol. The molecule has 0 saturated carbocycles. The van der Waals surface area contributed by atoms with Crippen molar-refractivity contribution in [3.8, 4) is 0 Å². The van der Waals surface area contributed by atoms with Gasteiger partial charge in [-0.3, -0.25) is 0 Å². The number of rotatable bonds is 3. The molecule has 0 atom stereocenters. The van der Waals surface area contributed by atoms with Crippen molar-refractivity contribution in [2.24, 2.45) is 0 Å². The molecule has 0 bridgehead atoms. The van der Waals surface area contributed by atoms with Crippen LogP contribution in [0.3, 0.4) is 0 Å². The van der Waals surface area contributed by atoms with Crippen LogP contribution in [0.1, 0.15) is 12.6 Å².